The van der Waals surface area contributed by atoms with Gasteiger partial charge in [0.2, 0.25) is 0 Å². The molecule has 2 aromatic rings. The molecule has 10 heavy (non-hydrogen) atoms. The van der Waals surface area contributed by atoms with Crippen LogP contribution in [-0.2, 0) is 0 Å². The van der Waals surface area contributed by atoms with Gasteiger partial charge in [0.05, 0.1) is 0 Å². The highest BCUT2D eigenvalue weighted by Gasteiger charge is 1.95. The normalized spacial score (nSPS) is 10.5. The summed E-state index contributed by atoms with van der Waals surface area (Å²) >= 11 is 6.08. The van der Waals surface area contributed by atoms with Gasteiger partial charge in [-0.15, -0.1) is 24.0 Å². The smallest absolute Gasteiger partial charge is 0.0353 e. The van der Waals surface area contributed by atoms with E-state index in [2.05, 4.69) is 30.1 Å². The van der Waals surface area contributed by atoms with Gasteiger partial charge in [0.1, 0.15) is 0 Å². The van der Waals surface area contributed by atoms with Crippen LogP contribution in [0.4, 0.5) is 0 Å². The minimum Gasteiger partial charge on any atom is -0.144 e. The zero-order chi connectivity index (χ0) is 6.97. The van der Waals surface area contributed by atoms with Crippen molar-refractivity contribution in [2.75, 3.05) is 0 Å². The lowest BCUT2D eigenvalue weighted by molar-refractivity contribution is 1.59. The molecule has 2 rings (SSSR count). The molecule has 0 saturated heterocycles. The van der Waals surface area contributed by atoms with E-state index in [1.165, 1.54) is 10.1 Å². The molecule has 50 valence electrons. The summed E-state index contributed by atoms with van der Waals surface area (Å²) in [6.07, 6.45) is 0. The summed E-state index contributed by atoms with van der Waals surface area (Å²) in [4.78, 5) is 1.07. The van der Waals surface area contributed by atoms with Crippen molar-refractivity contribution in [3.63, 3.8) is 0 Å². The molecular weight excluding hydrogens is 160 g/mol. The molecule has 0 radical (unpaired) electrons. The fraction of sp³-hybridized carbons (Fsp3) is 0. The Labute approximate surface area is 68.9 Å². The summed E-state index contributed by atoms with van der Waals surface area (Å²) in [6, 6.07) is 8.25. The van der Waals surface area contributed by atoms with Gasteiger partial charge in [0.25, 0.3) is 0 Å². The van der Waals surface area contributed by atoms with Gasteiger partial charge in [-0.2, -0.15) is 0 Å². The molecule has 0 aliphatic carbocycles. The van der Waals surface area contributed by atoms with Gasteiger partial charge >= 0.3 is 0 Å². The van der Waals surface area contributed by atoms with Gasteiger partial charge in [0, 0.05) is 15.0 Å². The zero-order valence-electron chi connectivity index (χ0n) is 5.24. The van der Waals surface area contributed by atoms with Crippen LogP contribution >= 0.6 is 24.0 Å². The lowest BCUT2D eigenvalue weighted by atomic mass is 10.3. The quantitative estimate of drug-likeness (QED) is 0.571. The van der Waals surface area contributed by atoms with Crippen LogP contribution in [0.25, 0.3) is 10.1 Å². The highest BCUT2D eigenvalue weighted by atomic mass is 32.1. The van der Waals surface area contributed by atoms with Gasteiger partial charge in [-0.3, -0.25) is 0 Å². The monoisotopic (exact) mass is 166 g/mol. The third-order valence-electron chi connectivity index (χ3n) is 1.47. The number of thiophene rings is 1. The van der Waals surface area contributed by atoms with E-state index in [4.69, 9.17) is 0 Å². The second-order valence-electron chi connectivity index (χ2n) is 2.11. The van der Waals surface area contributed by atoms with Gasteiger partial charge in [-0.1, -0.05) is 6.07 Å². The molecular formula is C8H6S2. The molecule has 1 aromatic carbocycles. The van der Waals surface area contributed by atoms with Crippen LogP contribution in [0.3, 0.4) is 0 Å². The maximum atomic E-state index is 4.32. The lowest BCUT2D eigenvalue weighted by Gasteiger charge is -1.90. The van der Waals surface area contributed by atoms with Crippen molar-refractivity contribution in [2.45, 2.75) is 4.90 Å². The first-order valence-corrected chi connectivity index (χ1v) is 4.36. The number of rotatable bonds is 0. The molecule has 0 spiro atoms. The molecule has 0 N–H and O–H groups in total. The summed E-state index contributed by atoms with van der Waals surface area (Å²) < 4.78 is 1.31. The van der Waals surface area contributed by atoms with Crippen molar-refractivity contribution in [1.29, 1.82) is 0 Å². The summed E-state index contributed by atoms with van der Waals surface area (Å²) in [5, 5.41) is 3.35. The molecule has 0 unspecified atom stereocenters. The number of benzene rings is 1. The standard InChI is InChI=1S/C8H6S2/c9-7-2-1-3-8-6(7)4-5-10-8/h1-5,9H. The Morgan fingerprint density at radius 3 is 2.90 bits per heavy atom. The van der Waals surface area contributed by atoms with Gasteiger partial charge in [-0.25, -0.2) is 0 Å². The maximum Gasteiger partial charge on any atom is 0.0353 e. The Balaban J connectivity index is 2.95. The van der Waals surface area contributed by atoms with E-state index in [1.807, 2.05) is 12.1 Å². The van der Waals surface area contributed by atoms with Gasteiger partial charge in [0.15, 0.2) is 0 Å². The van der Waals surface area contributed by atoms with Gasteiger partial charge < -0.3 is 0 Å². The van der Waals surface area contributed by atoms with Crippen LogP contribution in [0.15, 0.2) is 34.5 Å². The predicted molar refractivity (Wildman–Crippen MR) is 49.1 cm³/mol. The van der Waals surface area contributed by atoms with E-state index >= 15 is 0 Å². The summed E-state index contributed by atoms with van der Waals surface area (Å²) in [7, 11) is 0. The average Bonchev–Trinajstić information content (AvgIpc) is 2.36. The molecule has 0 nitrogen and oxygen atoms in total. The fourth-order valence-electron chi connectivity index (χ4n) is 0.978. The van der Waals surface area contributed by atoms with E-state index in [9.17, 15) is 0 Å². The second kappa shape index (κ2) is 2.29. The van der Waals surface area contributed by atoms with E-state index in [1.54, 1.807) is 11.3 Å². The topological polar surface area (TPSA) is 0 Å². The van der Waals surface area contributed by atoms with E-state index in [0.717, 1.165) is 4.90 Å². The Bertz CT molecular complexity index is 349. The Kier molecular flexibility index (Phi) is 1.43. The van der Waals surface area contributed by atoms with Crippen LogP contribution in [0.2, 0.25) is 0 Å². The Morgan fingerprint density at radius 2 is 2.10 bits per heavy atom. The van der Waals surface area contributed by atoms with Gasteiger partial charge in [-0.05, 0) is 23.6 Å². The van der Waals surface area contributed by atoms with Crippen molar-refractivity contribution in [3.05, 3.63) is 29.6 Å². The molecule has 0 amide bonds. The minimum atomic E-state index is 1.07. The van der Waals surface area contributed by atoms with Crippen LogP contribution in [0.1, 0.15) is 0 Å². The lowest BCUT2D eigenvalue weighted by Crippen LogP contribution is -1.63. The first-order chi connectivity index (χ1) is 4.88. The Hall–Kier alpha value is -0.470. The number of hydrogen-bond acceptors (Lipinski definition) is 2. The molecule has 2 heteroatoms. The van der Waals surface area contributed by atoms with Crippen LogP contribution in [0.5, 0.6) is 0 Å². The van der Waals surface area contributed by atoms with Crippen molar-refractivity contribution >= 4 is 34.1 Å². The summed E-state index contributed by atoms with van der Waals surface area (Å²) in [5.74, 6) is 0. The van der Waals surface area contributed by atoms with Crippen molar-refractivity contribution < 1.29 is 0 Å². The molecule has 0 bridgehead atoms. The molecule has 1 heterocycles. The third kappa shape index (κ3) is 0.842. The fourth-order valence-corrected chi connectivity index (χ4v) is 2.15. The average molecular weight is 166 g/mol. The highest BCUT2D eigenvalue weighted by molar-refractivity contribution is 7.80. The molecule has 0 saturated carbocycles. The second-order valence-corrected chi connectivity index (χ2v) is 3.54. The first kappa shape index (κ1) is 6.25. The van der Waals surface area contributed by atoms with Crippen molar-refractivity contribution in [3.8, 4) is 0 Å². The van der Waals surface area contributed by atoms with Crippen LogP contribution in [0, 0.1) is 0 Å². The predicted octanol–water partition coefficient (Wildman–Crippen LogP) is 3.19. The summed E-state index contributed by atoms with van der Waals surface area (Å²) in [5.41, 5.74) is 0. The van der Waals surface area contributed by atoms with Crippen LogP contribution < -0.4 is 0 Å². The largest absolute Gasteiger partial charge is 0.144 e. The number of thiol groups is 1. The molecule has 0 aliphatic rings. The first-order valence-electron chi connectivity index (χ1n) is 3.03. The Morgan fingerprint density at radius 1 is 1.20 bits per heavy atom. The number of fused-ring (bicyclic) bond motifs is 1. The van der Waals surface area contributed by atoms with Crippen LogP contribution in [-0.4, -0.2) is 0 Å². The summed E-state index contributed by atoms with van der Waals surface area (Å²) in [6.45, 7) is 0. The van der Waals surface area contributed by atoms with E-state index in [-0.39, 0.29) is 0 Å². The SMILES string of the molecule is Sc1cccc2sccc12. The molecule has 0 atom stereocenters. The third-order valence-corrected chi connectivity index (χ3v) is 2.74. The van der Waals surface area contributed by atoms with E-state index in [0.29, 0.717) is 0 Å². The molecule has 0 aliphatic heterocycles. The maximum absolute atomic E-state index is 4.32. The highest BCUT2D eigenvalue weighted by Crippen LogP contribution is 2.25. The molecule has 1 aromatic heterocycles. The molecule has 0 fully saturated rings. The van der Waals surface area contributed by atoms with Crippen molar-refractivity contribution in [1.82, 2.24) is 0 Å². The number of hydrogen-bond donors (Lipinski definition) is 1. The minimum absolute atomic E-state index is 1.07. The zero-order valence-corrected chi connectivity index (χ0v) is 6.95. The van der Waals surface area contributed by atoms with Crippen molar-refractivity contribution in [2.24, 2.45) is 0 Å². The van der Waals surface area contributed by atoms with E-state index < -0.39 is 0 Å².